The largest absolute Gasteiger partial charge is 0.495 e. The first-order chi connectivity index (χ1) is 13.6. The molecule has 146 valence electrons. The molecule has 1 aliphatic rings. The Balaban J connectivity index is 1.72. The Morgan fingerprint density at radius 3 is 2.61 bits per heavy atom. The molecule has 2 amide bonds. The molecule has 0 radical (unpaired) electrons. The Bertz CT molecular complexity index is 870. The minimum atomic E-state index is -0.483. The van der Waals surface area contributed by atoms with Gasteiger partial charge in [0.15, 0.2) is 5.17 Å². The van der Waals surface area contributed by atoms with Gasteiger partial charge >= 0.3 is 0 Å². The van der Waals surface area contributed by atoms with Gasteiger partial charge in [0.1, 0.15) is 11.0 Å². The lowest BCUT2D eigenvalue weighted by molar-refractivity contribution is -0.128. The van der Waals surface area contributed by atoms with E-state index in [4.69, 9.17) is 4.74 Å². The van der Waals surface area contributed by atoms with E-state index in [2.05, 4.69) is 10.3 Å². The summed E-state index contributed by atoms with van der Waals surface area (Å²) in [4.78, 5) is 31.6. The number of rotatable bonds is 7. The molecule has 0 unspecified atom stereocenters. The Morgan fingerprint density at radius 1 is 1.18 bits per heavy atom. The van der Waals surface area contributed by atoms with E-state index in [1.54, 1.807) is 24.1 Å². The maximum absolute atomic E-state index is 12.8. The summed E-state index contributed by atoms with van der Waals surface area (Å²) in [5.41, 5.74) is 1.38. The van der Waals surface area contributed by atoms with Crippen LogP contribution in [0.2, 0.25) is 0 Å². The van der Waals surface area contributed by atoms with Crippen molar-refractivity contribution in [1.82, 2.24) is 4.90 Å². The number of aliphatic imine (C=N–C) groups is 1. The minimum Gasteiger partial charge on any atom is -0.495 e. The van der Waals surface area contributed by atoms with Gasteiger partial charge in [-0.15, -0.1) is 0 Å². The first-order valence-electron chi connectivity index (χ1n) is 9.17. The van der Waals surface area contributed by atoms with Crippen LogP contribution in [0.1, 0.15) is 19.8 Å². The fourth-order valence-corrected chi connectivity index (χ4v) is 4.07. The molecule has 2 aromatic carbocycles. The van der Waals surface area contributed by atoms with Gasteiger partial charge in [-0.25, -0.2) is 4.99 Å². The standard InChI is InChI=1S/C21H23N3O3S/c1-3-13-24-20(26)18(28-21(24)22-15-9-5-4-6-10-15)14-19(25)23-16-11-7-8-12-17(16)27-2/h4-12,18H,3,13-14H2,1-2H3,(H,23,25)/t18-/m0/s1. The van der Waals surface area contributed by atoms with E-state index in [9.17, 15) is 9.59 Å². The molecule has 1 N–H and O–H groups in total. The molecule has 1 saturated heterocycles. The number of hydrogen-bond acceptors (Lipinski definition) is 5. The zero-order chi connectivity index (χ0) is 19.9. The SMILES string of the molecule is CCCN1C(=O)[C@H](CC(=O)Nc2ccccc2OC)SC1=Nc1ccccc1. The fourth-order valence-electron chi connectivity index (χ4n) is 2.88. The van der Waals surface area contributed by atoms with E-state index in [0.717, 1.165) is 12.1 Å². The van der Waals surface area contributed by atoms with Crippen molar-refractivity contribution in [3.8, 4) is 5.75 Å². The van der Waals surface area contributed by atoms with Crippen molar-refractivity contribution in [1.29, 1.82) is 0 Å². The number of amides is 2. The van der Waals surface area contributed by atoms with Crippen LogP contribution in [0.25, 0.3) is 0 Å². The lowest BCUT2D eigenvalue weighted by atomic mass is 10.2. The van der Waals surface area contributed by atoms with Crippen LogP contribution in [0.5, 0.6) is 5.75 Å². The molecular formula is C21H23N3O3S. The molecule has 6 nitrogen and oxygen atoms in total. The number of carbonyl (C=O) groups is 2. The van der Waals surface area contributed by atoms with E-state index in [0.29, 0.717) is 23.1 Å². The molecule has 0 aliphatic carbocycles. The molecule has 28 heavy (non-hydrogen) atoms. The topological polar surface area (TPSA) is 71.0 Å². The van der Waals surface area contributed by atoms with Crippen LogP contribution in [0.15, 0.2) is 59.6 Å². The normalized spacial score (nSPS) is 17.8. The van der Waals surface area contributed by atoms with Gasteiger partial charge in [0.2, 0.25) is 11.8 Å². The number of amidine groups is 1. The number of benzene rings is 2. The first-order valence-corrected chi connectivity index (χ1v) is 10.0. The Morgan fingerprint density at radius 2 is 1.89 bits per heavy atom. The highest BCUT2D eigenvalue weighted by atomic mass is 32.2. The van der Waals surface area contributed by atoms with Crippen molar-refractivity contribution < 1.29 is 14.3 Å². The van der Waals surface area contributed by atoms with E-state index in [1.807, 2.05) is 49.4 Å². The zero-order valence-electron chi connectivity index (χ0n) is 15.9. The van der Waals surface area contributed by atoms with Crippen LogP contribution in [-0.4, -0.2) is 40.8 Å². The second-order valence-electron chi connectivity index (χ2n) is 6.28. The first kappa shape index (κ1) is 19.9. The lowest BCUT2D eigenvalue weighted by Crippen LogP contribution is -2.34. The van der Waals surface area contributed by atoms with Gasteiger partial charge in [-0.1, -0.05) is 49.0 Å². The second-order valence-corrected chi connectivity index (χ2v) is 7.45. The monoisotopic (exact) mass is 397 g/mol. The van der Waals surface area contributed by atoms with Crippen molar-refractivity contribution in [2.45, 2.75) is 25.0 Å². The van der Waals surface area contributed by atoms with Crippen LogP contribution in [-0.2, 0) is 9.59 Å². The number of carbonyl (C=O) groups excluding carboxylic acids is 2. The summed E-state index contributed by atoms with van der Waals surface area (Å²) in [5, 5.41) is 3.00. The molecule has 0 aromatic heterocycles. The number of nitrogens with one attached hydrogen (secondary N) is 1. The van der Waals surface area contributed by atoms with Gasteiger partial charge in [0.05, 0.1) is 18.5 Å². The summed E-state index contributed by atoms with van der Waals surface area (Å²) in [6, 6.07) is 16.7. The van der Waals surface area contributed by atoms with E-state index in [1.165, 1.54) is 11.8 Å². The van der Waals surface area contributed by atoms with Crippen LogP contribution in [0.3, 0.4) is 0 Å². The van der Waals surface area contributed by atoms with Gasteiger partial charge in [0.25, 0.3) is 0 Å². The lowest BCUT2D eigenvalue weighted by Gasteiger charge is -2.15. The number of nitrogens with zero attached hydrogens (tertiary/aromatic N) is 2. The third-order valence-electron chi connectivity index (χ3n) is 4.20. The number of hydrogen-bond donors (Lipinski definition) is 1. The molecule has 3 rings (SSSR count). The van der Waals surface area contributed by atoms with Crippen LogP contribution >= 0.6 is 11.8 Å². The molecule has 0 spiro atoms. The molecule has 0 bridgehead atoms. The van der Waals surface area contributed by atoms with Gasteiger partial charge in [-0.05, 0) is 30.7 Å². The zero-order valence-corrected chi connectivity index (χ0v) is 16.7. The Hall–Kier alpha value is -2.80. The second kappa shape index (κ2) is 9.41. The molecule has 0 saturated carbocycles. The fraction of sp³-hybridized carbons (Fsp3) is 0.286. The predicted octanol–water partition coefficient (Wildman–Crippen LogP) is 4.07. The maximum Gasteiger partial charge on any atom is 0.242 e. The smallest absolute Gasteiger partial charge is 0.242 e. The molecule has 1 aliphatic heterocycles. The highest BCUT2D eigenvalue weighted by Crippen LogP contribution is 2.32. The third-order valence-corrected chi connectivity index (χ3v) is 5.38. The summed E-state index contributed by atoms with van der Waals surface area (Å²) < 4.78 is 5.26. The molecule has 7 heteroatoms. The number of para-hydroxylation sites is 3. The van der Waals surface area contributed by atoms with Crippen molar-refractivity contribution in [3.05, 3.63) is 54.6 Å². The summed E-state index contributed by atoms with van der Waals surface area (Å²) in [7, 11) is 1.55. The molecule has 1 heterocycles. The van der Waals surface area contributed by atoms with Gasteiger partial charge < -0.3 is 10.1 Å². The predicted molar refractivity (Wildman–Crippen MR) is 113 cm³/mol. The summed E-state index contributed by atoms with van der Waals surface area (Å²) in [6.07, 6.45) is 0.899. The quantitative estimate of drug-likeness (QED) is 0.765. The van der Waals surface area contributed by atoms with E-state index >= 15 is 0 Å². The number of anilines is 1. The summed E-state index contributed by atoms with van der Waals surface area (Å²) in [5.74, 6) is 0.282. The molecular weight excluding hydrogens is 374 g/mol. The van der Waals surface area contributed by atoms with Crippen molar-refractivity contribution in [2.75, 3.05) is 19.0 Å². The Kier molecular flexibility index (Phi) is 6.71. The van der Waals surface area contributed by atoms with Crippen LogP contribution < -0.4 is 10.1 Å². The van der Waals surface area contributed by atoms with E-state index in [-0.39, 0.29) is 18.2 Å². The molecule has 2 aromatic rings. The average Bonchev–Trinajstić information content (AvgIpc) is 2.98. The summed E-state index contributed by atoms with van der Waals surface area (Å²) >= 11 is 1.34. The number of thioether (sulfide) groups is 1. The maximum atomic E-state index is 12.8. The minimum absolute atomic E-state index is 0.0725. The number of ether oxygens (including phenoxy) is 1. The van der Waals surface area contributed by atoms with Crippen LogP contribution in [0.4, 0.5) is 11.4 Å². The average molecular weight is 398 g/mol. The van der Waals surface area contributed by atoms with Gasteiger partial charge in [-0.2, -0.15) is 0 Å². The van der Waals surface area contributed by atoms with Crippen LogP contribution in [0, 0.1) is 0 Å². The third kappa shape index (κ3) is 4.72. The van der Waals surface area contributed by atoms with Crippen molar-refractivity contribution in [3.63, 3.8) is 0 Å². The Labute approximate surface area is 169 Å². The van der Waals surface area contributed by atoms with Crippen molar-refractivity contribution >= 4 is 40.1 Å². The van der Waals surface area contributed by atoms with Crippen molar-refractivity contribution in [2.24, 2.45) is 4.99 Å². The molecule has 1 fully saturated rings. The van der Waals surface area contributed by atoms with Gasteiger partial charge in [0, 0.05) is 13.0 Å². The van der Waals surface area contributed by atoms with E-state index < -0.39 is 5.25 Å². The summed E-state index contributed by atoms with van der Waals surface area (Å²) in [6.45, 7) is 2.60. The highest BCUT2D eigenvalue weighted by Gasteiger charge is 2.38. The van der Waals surface area contributed by atoms with Gasteiger partial charge in [-0.3, -0.25) is 14.5 Å². The number of methoxy groups -OCH3 is 1. The highest BCUT2D eigenvalue weighted by molar-refractivity contribution is 8.15. The molecule has 1 atom stereocenters.